The number of hydrogen-bond donors (Lipinski definition) is 3. The zero-order chi connectivity index (χ0) is 8.32. The monoisotopic (exact) mass is 191 g/mol. The SMILES string of the molecule is Cl.NC1(CC(=O)O)C=NC=CN1. The van der Waals surface area contributed by atoms with Crippen LogP contribution in [0.3, 0.4) is 0 Å². The van der Waals surface area contributed by atoms with E-state index < -0.39 is 11.6 Å². The van der Waals surface area contributed by atoms with Gasteiger partial charge in [-0.05, 0) is 0 Å². The molecule has 0 aromatic heterocycles. The van der Waals surface area contributed by atoms with E-state index in [1.54, 1.807) is 0 Å². The second kappa shape index (κ2) is 4.08. The van der Waals surface area contributed by atoms with Crippen LogP contribution >= 0.6 is 12.4 Å². The molecule has 1 atom stereocenters. The van der Waals surface area contributed by atoms with Gasteiger partial charge in [0.15, 0.2) is 0 Å². The van der Waals surface area contributed by atoms with Crippen molar-refractivity contribution < 1.29 is 9.90 Å². The van der Waals surface area contributed by atoms with Gasteiger partial charge in [-0.2, -0.15) is 0 Å². The summed E-state index contributed by atoms with van der Waals surface area (Å²) in [5.74, 6) is -0.957. The summed E-state index contributed by atoms with van der Waals surface area (Å²) in [6.45, 7) is 0. The van der Waals surface area contributed by atoms with Gasteiger partial charge in [0.2, 0.25) is 0 Å². The molecule has 4 N–H and O–H groups in total. The molecule has 0 saturated carbocycles. The molecule has 1 rings (SSSR count). The van der Waals surface area contributed by atoms with Gasteiger partial charge >= 0.3 is 5.97 Å². The number of carboxylic acid groups (broad SMARTS) is 1. The van der Waals surface area contributed by atoms with Crippen LogP contribution in [0.1, 0.15) is 6.42 Å². The van der Waals surface area contributed by atoms with E-state index in [4.69, 9.17) is 10.8 Å². The van der Waals surface area contributed by atoms with E-state index in [0.717, 1.165) is 0 Å². The van der Waals surface area contributed by atoms with Crippen molar-refractivity contribution in [3.63, 3.8) is 0 Å². The highest BCUT2D eigenvalue weighted by atomic mass is 35.5. The van der Waals surface area contributed by atoms with Crippen molar-refractivity contribution in [1.29, 1.82) is 0 Å². The third kappa shape index (κ3) is 2.89. The van der Waals surface area contributed by atoms with Gasteiger partial charge in [0.25, 0.3) is 0 Å². The Balaban J connectivity index is 0.00000121. The Morgan fingerprint density at radius 3 is 2.83 bits per heavy atom. The van der Waals surface area contributed by atoms with Gasteiger partial charge in [-0.3, -0.25) is 9.79 Å². The topological polar surface area (TPSA) is 87.7 Å². The standard InChI is InChI=1S/C6H9N3O2.ClH/c7-6(3-5(10)11)4-8-1-2-9-6;/h1-2,4,9H,3,7H2,(H,10,11);1H. The zero-order valence-electron chi connectivity index (χ0n) is 6.23. The minimum Gasteiger partial charge on any atom is -0.481 e. The molecule has 12 heavy (non-hydrogen) atoms. The minimum absolute atomic E-state index is 0. The fourth-order valence-electron chi connectivity index (χ4n) is 0.796. The second-order valence-electron chi connectivity index (χ2n) is 2.35. The lowest BCUT2D eigenvalue weighted by atomic mass is 10.1. The lowest BCUT2D eigenvalue weighted by molar-refractivity contribution is -0.137. The van der Waals surface area contributed by atoms with Crippen LogP contribution in [0.2, 0.25) is 0 Å². The van der Waals surface area contributed by atoms with E-state index >= 15 is 0 Å². The highest BCUT2D eigenvalue weighted by molar-refractivity contribution is 5.85. The molecule has 0 aromatic carbocycles. The molecule has 1 unspecified atom stereocenters. The quantitative estimate of drug-likeness (QED) is 0.559. The summed E-state index contributed by atoms with van der Waals surface area (Å²) in [4.78, 5) is 14.0. The number of nitrogens with one attached hydrogen (secondary N) is 1. The summed E-state index contributed by atoms with van der Waals surface area (Å²) >= 11 is 0. The van der Waals surface area contributed by atoms with E-state index in [9.17, 15) is 4.79 Å². The number of nitrogens with zero attached hydrogens (tertiary/aromatic N) is 1. The van der Waals surface area contributed by atoms with Crippen molar-refractivity contribution in [1.82, 2.24) is 5.32 Å². The predicted molar refractivity (Wildman–Crippen MR) is 47.2 cm³/mol. The molecule has 1 aliphatic heterocycles. The lowest BCUT2D eigenvalue weighted by Gasteiger charge is -2.24. The van der Waals surface area contributed by atoms with Crippen molar-refractivity contribution >= 4 is 24.6 Å². The van der Waals surface area contributed by atoms with E-state index in [2.05, 4.69) is 10.3 Å². The smallest absolute Gasteiger partial charge is 0.307 e. The molecule has 0 radical (unpaired) electrons. The molecule has 1 heterocycles. The summed E-state index contributed by atoms with van der Waals surface area (Å²) in [6, 6.07) is 0. The number of nitrogens with two attached hydrogens (primary N) is 1. The Morgan fingerprint density at radius 2 is 2.42 bits per heavy atom. The number of halogens is 1. The van der Waals surface area contributed by atoms with Gasteiger partial charge < -0.3 is 16.2 Å². The van der Waals surface area contributed by atoms with Crippen LogP contribution in [-0.2, 0) is 4.79 Å². The van der Waals surface area contributed by atoms with Crippen LogP contribution < -0.4 is 11.1 Å². The van der Waals surface area contributed by atoms with Crippen molar-refractivity contribution in [3.05, 3.63) is 12.4 Å². The number of hydrogen-bond acceptors (Lipinski definition) is 4. The first-order chi connectivity index (χ1) is 5.12. The largest absolute Gasteiger partial charge is 0.481 e. The highest BCUT2D eigenvalue weighted by Crippen LogP contribution is 2.02. The van der Waals surface area contributed by atoms with Crippen LogP contribution in [0, 0.1) is 0 Å². The number of rotatable bonds is 2. The van der Waals surface area contributed by atoms with Gasteiger partial charge in [0.1, 0.15) is 5.66 Å². The van der Waals surface area contributed by atoms with E-state index in [0.29, 0.717) is 0 Å². The third-order valence-electron chi connectivity index (χ3n) is 1.26. The summed E-state index contributed by atoms with van der Waals surface area (Å²) < 4.78 is 0. The van der Waals surface area contributed by atoms with Gasteiger partial charge in [0.05, 0.1) is 6.42 Å². The molecular formula is C6H10ClN3O2. The van der Waals surface area contributed by atoms with Crippen LogP contribution in [-0.4, -0.2) is 23.0 Å². The first-order valence-electron chi connectivity index (χ1n) is 3.10. The number of carbonyl (C=O) groups is 1. The number of carboxylic acids is 1. The Kier molecular flexibility index (Phi) is 3.72. The van der Waals surface area contributed by atoms with E-state index in [1.165, 1.54) is 18.6 Å². The summed E-state index contributed by atoms with van der Waals surface area (Å²) in [7, 11) is 0. The van der Waals surface area contributed by atoms with Crippen LogP contribution in [0.25, 0.3) is 0 Å². The van der Waals surface area contributed by atoms with Crippen molar-refractivity contribution in [3.8, 4) is 0 Å². The summed E-state index contributed by atoms with van der Waals surface area (Å²) in [5.41, 5.74) is 4.54. The predicted octanol–water partition coefficient (Wildman–Crippen LogP) is -0.317. The molecule has 0 bridgehead atoms. The average molecular weight is 192 g/mol. The molecular weight excluding hydrogens is 182 g/mol. The molecule has 0 aromatic rings. The molecule has 6 heteroatoms. The van der Waals surface area contributed by atoms with Crippen LogP contribution in [0.4, 0.5) is 0 Å². The maximum atomic E-state index is 10.3. The molecule has 0 spiro atoms. The second-order valence-corrected chi connectivity index (χ2v) is 2.35. The molecule has 68 valence electrons. The van der Waals surface area contributed by atoms with Crippen molar-refractivity contribution in [2.45, 2.75) is 12.1 Å². The van der Waals surface area contributed by atoms with Crippen molar-refractivity contribution in [2.75, 3.05) is 0 Å². The third-order valence-corrected chi connectivity index (χ3v) is 1.26. The van der Waals surface area contributed by atoms with Gasteiger partial charge in [-0.15, -0.1) is 12.4 Å². The van der Waals surface area contributed by atoms with Gasteiger partial charge in [0, 0.05) is 18.6 Å². The fraction of sp³-hybridized carbons (Fsp3) is 0.333. The molecule has 5 nitrogen and oxygen atoms in total. The first kappa shape index (κ1) is 10.9. The zero-order valence-corrected chi connectivity index (χ0v) is 7.04. The molecule has 0 amide bonds. The Bertz CT molecular complexity index is 229. The maximum Gasteiger partial charge on any atom is 0.307 e. The Labute approximate surface area is 75.8 Å². The Morgan fingerprint density at radius 1 is 1.75 bits per heavy atom. The van der Waals surface area contributed by atoms with Crippen LogP contribution in [0.5, 0.6) is 0 Å². The average Bonchev–Trinajstić information content (AvgIpc) is 1.85. The lowest BCUT2D eigenvalue weighted by Crippen LogP contribution is -2.55. The molecule has 0 fully saturated rings. The maximum absolute atomic E-state index is 10.3. The minimum atomic E-state index is -1.03. The normalized spacial score (nSPS) is 25.8. The molecule has 1 aliphatic rings. The molecule has 0 saturated heterocycles. The van der Waals surface area contributed by atoms with E-state index in [-0.39, 0.29) is 18.8 Å². The van der Waals surface area contributed by atoms with E-state index in [1.807, 2.05) is 0 Å². The number of aliphatic carboxylic acids is 1. The van der Waals surface area contributed by atoms with Gasteiger partial charge in [-0.25, -0.2) is 0 Å². The van der Waals surface area contributed by atoms with Crippen molar-refractivity contribution in [2.24, 2.45) is 10.7 Å². The Hall–Kier alpha value is -1.07. The molecule has 0 aliphatic carbocycles. The fourth-order valence-corrected chi connectivity index (χ4v) is 0.796. The van der Waals surface area contributed by atoms with Gasteiger partial charge in [-0.1, -0.05) is 0 Å². The number of aliphatic imine (C=N–C) groups is 1. The highest BCUT2D eigenvalue weighted by Gasteiger charge is 2.25. The first-order valence-corrected chi connectivity index (χ1v) is 3.10. The summed E-state index contributed by atoms with van der Waals surface area (Å²) in [5, 5.41) is 11.1. The summed E-state index contributed by atoms with van der Waals surface area (Å²) in [6.07, 6.45) is 4.22. The van der Waals surface area contributed by atoms with Crippen LogP contribution in [0.15, 0.2) is 17.4 Å².